The van der Waals surface area contributed by atoms with Crippen LogP contribution in [0, 0.1) is 10.1 Å². The maximum Gasteiger partial charge on any atom is 0.271 e. The Balaban J connectivity index is 2.30. The van der Waals surface area contributed by atoms with Gasteiger partial charge in [0.2, 0.25) is 0 Å². The van der Waals surface area contributed by atoms with Gasteiger partial charge in [0.25, 0.3) is 11.6 Å². The van der Waals surface area contributed by atoms with Crippen LogP contribution >= 0.6 is 11.6 Å². The Hall–Kier alpha value is -1.99. The fourth-order valence-corrected chi connectivity index (χ4v) is 1.74. The molecule has 7 nitrogen and oxygen atoms in total. The fraction of sp³-hybridized carbons (Fsp3) is 0.273. The van der Waals surface area contributed by atoms with Gasteiger partial charge < -0.3 is 9.84 Å². The van der Waals surface area contributed by atoms with Gasteiger partial charge in [0.1, 0.15) is 0 Å². The zero-order valence-corrected chi connectivity index (χ0v) is 10.8. The number of nitro groups is 1. The molecule has 0 atom stereocenters. The lowest BCUT2D eigenvalue weighted by atomic mass is 10.2. The third kappa shape index (κ3) is 3.27. The molecule has 0 unspecified atom stereocenters. The van der Waals surface area contributed by atoms with Crippen LogP contribution in [-0.4, -0.2) is 28.7 Å². The van der Waals surface area contributed by atoms with Crippen LogP contribution in [0.1, 0.15) is 5.82 Å². The number of non-ortho nitro benzene ring substituents is 1. The van der Waals surface area contributed by atoms with Crippen molar-refractivity contribution in [2.75, 3.05) is 13.6 Å². The second-order valence-corrected chi connectivity index (χ2v) is 4.26. The Morgan fingerprint density at radius 2 is 2.26 bits per heavy atom. The highest BCUT2D eigenvalue weighted by atomic mass is 35.5. The summed E-state index contributed by atoms with van der Waals surface area (Å²) in [6.07, 6.45) is 0.614. The highest BCUT2D eigenvalue weighted by molar-refractivity contribution is 6.31. The van der Waals surface area contributed by atoms with Crippen LogP contribution in [0.25, 0.3) is 11.5 Å². The molecule has 0 amide bonds. The monoisotopic (exact) mass is 282 g/mol. The van der Waals surface area contributed by atoms with E-state index in [1.165, 1.54) is 12.1 Å². The van der Waals surface area contributed by atoms with E-state index in [0.717, 1.165) is 0 Å². The number of aromatic nitrogens is 2. The first-order valence-electron chi connectivity index (χ1n) is 5.52. The van der Waals surface area contributed by atoms with Crippen molar-refractivity contribution in [3.63, 3.8) is 0 Å². The summed E-state index contributed by atoms with van der Waals surface area (Å²) in [6, 6.07) is 4.16. The molecular formula is C11H11ClN4O3. The molecule has 0 aliphatic carbocycles. The van der Waals surface area contributed by atoms with E-state index in [1.54, 1.807) is 6.07 Å². The van der Waals surface area contributed by atoms with Crippen LogP contribution in [0.4, 0.5) is 5.69 Å². The van der Waals surface area contributed by atoms with Gasteiger partial charge in [0, 0.05) is 35.7 Å². The van der Waals surface area contributed by atoms with E-state index in [-0.39, 0.29) is 16.6 Å². The lowest BCUT2D eigenvalue weighted by Crippen LogP contribution is -2.10. The van der Waals surface area contributed by atoms with E-state index in [4.69, 9.17) is 16.1 Å². The molecule has 0 fully saturated rings. The molecule has 0 spiro atoms. The molecule has 0 radical (unpaired) electrons. The average molecular weight is 283 g/mol. The summed E-state index contributed by atoms with van der Waals surface area (Å²) in [4.78, 5) is 14.4. The molecule has 1 heterocycles. The predicted octanol–water partition coefficient (Wildman–Crippen LogP) is 2.06. The van der Waals surface area contributed by atoms with Gasteiger partial charge in [-0.15, -0.1) is 0 Å². The molecule has 8 heteroatoms. The summed E-state index contributed by atoms with van der Waals surface area (Å²) in [6.45, 7) is 0.717. The Labute approximate surface area is 113 Å². The van der Waals surface area contributed by atoms with E-state index in [9.17, 15) is 10.1 Å². The molecule has 2 rings (SSSR count). The lowest BCUT2D eigenvalue weighted by molar-refractivity contribution is -0.384. The summed E-state index contributed by atoms with van der Waals surface area (Å²) in [5.41, 5.74) is 0.319. The van der Waals surface area contributed by atoms with Crippen molar-refractivity contribution in [2.45, 2.75) is 6.42 Å². The Kier molecular flexibility index (Phi) is 4.08. The average Bonchev–Trinajstić information content (AvgIpc) is 2.84. The topological polar surface area (TPSA) is 94.1 Å². The summed E-state index contributed by atoms with van der Waals surface area (Å²) in [7, 11) is 1.82. The van der Waals surface area contributed by atoms with Crippen LogP contribution in [0.3, 0.4) is 0 Å². The van der Waals surface area contributed by atoms with E-state index in [2.05, 4.69) is 15.5 Å². The minimum atomic E-state index is -0.520. The molecule has 0 saturated carbocycles. The van der Waals surface area contributed by atoms with E-state index in [0.29, 0.717) is 24.4 Å². The van der Waals surface area contributed by atoms with Crippen molar-refractivity contribution < 1.29 is 9.45 Å². The normalized spacial score (nSPS) is 10.6. The lowest BCUT2D eigenvalue weighted by Gasteiger charge is -1.97. The molecule has 1 aromatic carbocycles. The number of halogens is 1. The van der Waals surface area contributed by atoms with Gasteiger partial charge in [0.15, 0.2) is 5.82 Å². The minimum Gasteiger partial charge on any atom is -0.334 e. The van der Waals surface area contributed by atoms with Crippen LogP contribution in [0.15, 0.2) is 22.7 Å². The summed E-state index contributed by atoms with van der Waals surface area (Å²) in [5.74, 6) is 0.753. The van der Waals surface area contributed by atoms with E-state index < -0.39 is 4.92 Å². The first-order valence-corrected chi connectivity index (χ1v) is 5.90. The zero-order chi connectivity index (χ0) is 13.8. The number of nitrogens with one attached hydrogen (secondary N) is 1. The number of benzene rings is 1. The molecule has 0 bridgehead atoms. The third-order valence-corrected chi connectivity index (χ3v) is 2.63. The van der Waals surface area contributed by atoms with Crippen LogP contribution < -0.4 is 5.32 Å². The van der Waals surface area contributed by atoms with E-state index in [1.807, 2.05) is 7.05 Å². The summed E-state index contributed by atoms with van der Waals surface area (Å²) >= 11 is 5.83. The molecule has 0 aliphatic rings. The molecule has 0 saturated heterocycles. The number of nitrogens with zero attached hydrogens (tertiary/aromatic N) is 3. The van der Waals surface area contributed by atoms with Gasteiger partial charge in [-0.25, -0.2) is 0 Å². The van der Waals surface area contributed by atoms with Crippen molar-refractivity contribution >= 4 is 17.3 Å². The number of nitro benzene ring substituents is 1. The van der Waals surface area contributed by atoms with E-state index >= 15 is 0 Å². The SMILES string of the molecule is CNCCc1noc(-c2cc(Cl)cc([N+](=O)[O-])c2)n1. The van der Waals surface area contributed by atoms with Crippen molar-refractivity contribution in [2.24, 2.45) is 0 Å². The van der Waals surface area contributed by atoms with Crippen molar-refractivity contribution in [1.82, 2.24) is 15.5 Å². The highest BCUT2D eigenvalue weighted by Gasteiger charge is 2.14. The third-order valence-electron chi connectivity index (χ3n) is 2.41. The highest BCUT2D eigenvalue weighted by Crippen LogP contribution is 2.27. The first kappa shape index (κ1) is 13.4. The van der Waals surface area contributed by atoms with Crippen molar-refractivity contribution in [1.29, 1.82) is 0 Å². The molecule has 0 aliphatic heterocycles. The Bertz CT molecular complexity index is 599. The minimum absolute atomic E-state index is 0.113. The predicted molar refractivity (Wildman–Crippen MR) is 69.0 cm³/mol. The first-order chi connectivity index (χ1) is 9.10. The number of hydrogen-bond donors (Lipinski definition) is 1. The van der Waals surface area contributed by atoms with Gasteiger partial charge in [-0.05, 0) is 13.1 Å². The standard InChI is InChI=1S/C11H11ClN4O3/c1-13-3-2-10-14-11(19-15-10)7-4-8(12)6-9(5-7)16(17)18/h4-6,13H,2-3H2,1H3. The van der Waals surface area contributed by atoms with Gasteiger partial charge in [0.05, 0.1) is 4.92 Å². The molecule has 1 N–H and O–H groups in total. The van der Waals surface area contributed by atoms with Gasteiger partial charge in [-0.2, -0.15) is 4.98 Å². The Morgan fingerprint density at radius 1 is 1.47 bits per heavy atom. The molecular weight excluding hydrogens is 272 g/mol. The van der Waals surface area contributed by atoms with Crippen LogP contribution in [0.5, 0.6) is 0 Å². The van der Waals surface area contributed by atoms with Gasteiger partial charge in [-0.1, -0.05) is 16.8 Å². The summed E-state index contributed by atoms with van der Waals surface area (Å²) < 4.78 is 5.07. The van der Waals surface area contributed by atoms with Gasteiger partial charge in [-0.3, -0.25) is 10.1 Å². The van der Waals surface area contributed by atoms with Crippen molar-refractivity contribution in [3.05, 3.63) is 39.2 Å². The van der Waals surface area contributed by atoms with Gasteiger partial charge >= 0.3 is 0 Å². The number of likely N-dealkylation sites (N-methyl/N-ethyl adjacent to an activating group) is 1. The summed E-state index contributed by atoms with van der Waals surface area (Å²) in [5, 5.41) is 17.8. The maximum atomic E-state index is 10.8. The molecule has 1 aromatic heterocycles. The quantitative estimate of drug-likeness (QED) is 0.666. The molecule has 19 heavy (non-hydrogen) atoms. The van der Waals surface area contributed by atoms with Crippen LogP contribution in [-0.2, 0) is 6.42 Å². The smallest absolute Gasteiger partial charge is 0.271 e. The maximum absolute atomic E-state index is 10.8. The number of rotatable bonds is 5. The van der Waals surface area contributed by atoms with Crippen molar-refractivity contribution in [3.8, 4) is 11.5 Å². The molecule has 100 valence electrons. The second kappa shape index (κ2) is 5.77. The zero-order valence-electron chi connectivity index (χ0n) is 10.1. The Morgan fingerprint density at radius 3 is 2.95 bits per heavy atom. The largest absolute Gasteiger partial charge is 0.334 e. The van der Waals surface area contributed by atoms with Crippen LogP contribution in [0.2, 0.25) is 5.02 Å². The number of hydrogen-bond acceptors (Lipinski definition) is 6. The fourth-order valence-electron chi connectivity index (χ4n) is 1.51. The second-order valence-electron chi connectivity index (χ2n) is 3.82. The molecule has 2 aromatic rings.